The molecule has 8 heteroatoms. The number of amides is 2. The Morgan fingerprint density at radius 3 is 1.89 bits per heavy atom. The van der Waals surface area contributed by atoms with Crippen LogP contribution in [0, 0.1) is 0 Å². The van der Waals surface area contributed by atoms with Gasteiger partial charge in [-0.3, -0.25) is 9.59 Å². The van der Waals surface area contributed by atoms with Crippen LogP contribution in [0.15, 0.2) is 66.7 Å². The number of carbonyl (C=O) groups excluding carboxylic acids is 2. The highest BCUT2D eigenvalue weighted by Gasteiger charge is 2.33. The molecule has 0 saturated heterocycles. The number of rotatable bonds is 9. The smallest absolute Gasteiger partial charge is 0.243 e. The molecular weight excluding hydrogens is 562 g/mol. The van der Waals surface area contributed by atoms with E-state index < -0.39 is 6.04 Å². The number of nitrogens with zero attached hydrogens (tertiary/aromatic N) is 1. The quantitative estimate of drug-likeness (QED) is 0.275. The van der Waals surface area contributed by atoms with E-state index in [-0.39, 0.29) is 30.8 Å². The van der Waals surface area contributed by atoms with Gasteiger partial charge in [-0.1, -0.05) is 108 Å². The number of hydrogen-bond donors (Lipinski definition) is 1. The fourth-order valence-electron chi connectivity index (χ4n) is 4.91. The predicted molar refractivity (Wildman–Crippen MR) is 156 cm³/mol. The normalized spacial score (nSPS) is 14.6. The van der Waals surface area contributed by atoms with E-state index in [1.807, 2.05) is 30.3 Å². The maximum atomic E-state index is 14.0. The van der Waals surface area contributed by atoms with Crippen LogP contribution in [0.1, 0.15) is 48.8 Å². The maximum absolute atomic E-state index is 14.0. The van der Waals surface area contributed by atoms with Gasteiger partial charge in [0.2, 0.25) is 11.8 Å². The standard InChI is InChI=1S/C30H30Cl4N2O2/c31-24-13-7-14-25(32)22(24)18-29(37)36(19-23-26(33)15-8-16-27(23)34)28(17-20-9-3-1-4-10-20)30(38)35-21-11-5-2-6-12-21/h1,3-4,7-10,13-16,21,28H,2,5-6,11-12,17-19H2,(H,35,38)/t28-/m0/s1. The maximum Gasteiger partial charge on any atom is 0.243 e. The van der Waals surface area contributed by atoms with Crippen molar-refractivity contribution in [2.45, 2.75) is 63.6 Å². The number of halogens is 4. The van der Waals surface area contributed by atoms with Gasteiger partial charge >= 0.3 is 0 Å². The zero-order valence-electron chi connectivity index (χ0n) is 20.9. The minimum atomic E-state index is -0.791. The summed E-state index contributed by atoms with van der Waals surface area (Å²) in [6.45, 7) is 0.0645. The highest BCUT2D eigenvalue weighted by atomic mass is 35.5. The van der Waals surface area contributed by atoms with Gasteiger partial charge in [0, 0.05) is 44.7 Å². The van der Waals surface area contributed by atoms with Crippen LogP contribution >= 0.6 is 46.4 Å². The lowest BCUT2D eigenvalue weighted by atomic mass is 9.94. The average Bonchev–Trinajstić information content (AvgIpc) is 2.91. The summed E-state index contributed by atoms with van der Waals surface area (Å²) >= 11 is 25.9. The van der Waals surface area contributed by atoms with Crippen LogP contribution < -0.4 is 5.32 Å². The fourth-order valence-corrected chi connectivity index (χ4v) is 5.95. The summed E-state index contributed by atoms with van der Waals surface area (Å²) in [4.78, 5) is 29.5. The number of nitrogens with one attached hydrogen (secondary N) is 1. The molecule has 4 rings (SSSR count). The third-order valence-corrected chi connectivity index (χ3v) is 8.42. The van der Waals surface area contributed by atoms with Gasteiger partial charge in [-0.25, -0.2) is 0 Å². The van der Waals surface area contributed by atoms with Gasteiger partial charge in [0.05, 0.1) is 6.42 Å². The van der Waals surface area contributed by atoms with Crippen molar-refractivity contribution in [2.75, 3.05) is 0 Å². The molecule has 1 atom stereocenters. The summed E-state index contributed by atoms with van der Waals surface area (Å²) in [5, 5.41) is 4.87. The number of carbonyl (C=O) groups is 2. The molecular formula is C30H30Cl4N2O2. The van der Waals surface area contributed by atoms with Gasteiger partial charge in [0.25, 0.3) is 0 Å². The van der Waals surface area contributed by atoms with E-state index in [1.165, 1.54) is 6.42 Å². The fraction of sp³-hybridized carbons (Fsp3) is 0.333. The molecule has 0 aliphatic heterocycles. The molecule has 2 amide bonds. The summed E-state index contributed by atoms with van der Waals surface area (Å²) in [7, 11) is 0. The van der Waals surface area contributed by atoms with Gasteiger partial charge in [-0.15, -0.1) is 0 Å². The van der Waals surface area contributed by atoms with Crippen LogP contribution in [-0.4, -0.2) is 28.8 Å². The van der Waals surface area contributed by atoms with Gasteiger partial charge in [-0.05, 0) is 48.2 Å². The third-order valence-electron chi connectivity index (χ3n) is 7.00. The van der Waals surface area contributed by atoms with E-state index >= 15 is 0 Å². The first-order chi connectivity index (χ1) is 18.3. The molecule has 1 aliphatic carbocycles. The van der Waals surface area contributed by atoms with E-state index in [0.717, 1.165) is 31.2 Å². The first-order valence-electron chi connectivity index (χ1n) is 12.8. The lowest BCUT2D eigenvalue weighted by Gasteiger charge is -2.34. The Balaban J connectivity index is 1.72. The molecule has 0 unspecified atom stereocenters. The van der Waals surface area contributed by atoms with E-state index in [0.29, 0.717) is 37.6 Å². The lowest BCUT2D eigenvalue weighted by Crippen LogP contribution is -2.53. The SMILES string of the molecule is O=C(NC1CCCCC1)[C@H](Cc1ccccc1)N(Cc1c(Cl)cccc1Cl)C(=O)Cc1c(Cl)cccc1Cl. The minimum Gasteiger partial charge on any atom is -0.352 e. The summed E-state index contributed by atoms with van der Waals surface area (Å²) in [6.07, 6.45) is 5.47. The van der Waals surface area contributed by atoms with Gasteiger partial charge in [-0.2, -0.15) is 0 Å². The second-order valence-corrected chi connectivity index (χ2v) is 11.3. The van der Waals surface area contributed by atoms with Crippen LogP contribution in [0.5, 0.6) is 0 Å². The summed E-state index contributed by atoms with van der Waals surface area (Å²) in [5.41, 5.74) is 2.04. The van der Waals surface area contributed by atoms with Crippen molar-refractivity contribution in [2.24, 2.45) is 0 Å². The zero-order valence-corrected chi connectivity index (χ0v) is 24.0. The Morgan fingerprint density at radius 1 is 0.763 bits per heavy atom. The van der Waals surface area contributed by atoms with Crippen molar-refractivity contribution in [1.29, 1.82) is 0 Å². The zero-order chi connectivity index (χ0) is 27.1. The molecule has 200 valence electrons. The summed E-state index contributed by atoms with van der Waals surface area (Å²) < 4.78 is 0. The molecule has 0 bridgehead atoms. The Hall–Kier alpha value is -2.24. The first-order valence-corrected chi connectivity index (χ1v) is 14.3. The van der Waals surface area contributed by atoms with E-state index in [1.54, 1.807) is 41.3 Å². The molecule has 3 aromatic carbocycles. The predicted octanol–water partition coefficient (Wildman–Crippen LogP) is 7.93. The Bertz CT molecular complexity index is 1220. The highest BCUT2D eigenvalue weighted by Crippen LogP contribution is 2.30. The van der Waals surface area contributed by atoms with Crippen molar-refractivity contribution in [3.63, 3.8) is 0 Å². The van der Waals surface area contributed by atoms with Crippen LogP contribution in [0.4, 0.5) is 0 Å². The van der Waals surface area contributed by atoms with Crippen LogP contribution in [0.25, 0.3) is 0 Å². The Kier molecular flexibility index (Phi) is 10.4. The first kappa shape index (κ1) is 28.8. The molecule has 1 fully saturated rings. The van der Waals surface area contributed by atoms with Crippen molar-refractivity contribution in [1.82, 2.24) is 10.2 Å². The van der Waals surface area contributed by atoms with Gasteiger partial charge < -0.3 is 10.2 Å². The van der Waals surface area contributed by atoms with Crippen LogP contribution in [0.2, 0.25) is 20.1 Å². The average molecular weight is 592 g/mol. The van der Waals surface area contributed by atoms with E-state index in [2.05, 4.69) is 5.32 Å². The van der Waals surface area contributed by atoms with Crippen LogP contribution in [0.3, 0.4) is 0 Å². The Labute approximate surface area is 244 Å². The summed E-state index contributed by atoms with van der Waals surface area (Å²) in [6, 6.07) is 19.3. The molecule has 0 radical (unpaired) electrons. The largest absolute Gasteiger partial charge is 0.352 e. The second kappa shape index (κ2) is 13.7. The molecule has 1 saturated carbocycles. The van der Waals surface area contributed by atoms with Crippen molar-refractivity contribution in [3.05, 3.63) is 104 Å². The molecule has 3 aromatic rings. The Morgan fingerprint density at radius 2 is 1.32 bits per heavy atom. The topological polar surface area (TPSA) is 49.4 Å². The molecule has 0 spiro atoms. The van der Waals surface area contributed by atoms with E-state index in [4.69, 9.17) is 46.4 Å². The van der Waals surface area contributed by atoms with Gasteiger partial charge in [0.15, 0.2) is 0 Å². The van der Waals surface area contributed by atoms with Crippen molar-refractivity contribution < 1.29 is 9.59 Å². The molecule has 0 aromatic heterocycles. The molecule has 1 aliphatic rings. The lowest BCUT2D eigenvalue weighted by molar-refractivity contribution is -0.141. The molecule has 1 N–H and O–H groups in total. The monoisotopic (exact) mass is 590 g/mol. The number of hydrogen-bond acceptors (Lipinski definition) is 2. The van der Waals surface area contributed by atoms with Crippen LogP contribution in [-0.2, 0) is 29.0 Å². The molecule has 0 heterocycles. The van der Waals surface area contributed by atoms with Gasteiger partial charge in [0.1, 0.15) is 6.04 Å². The summed E-state index contributed by atoms with van der Waals surface area (Å²) in [5.74, 6) is -0.488. The second-order valence-electron chi connectivity index (χ2n) is 9.65. The van der Waals surface area contributed by atoms with Crippen molar-refractivity contribution in [3.8, 4) is 0 Å². The highest BCUT2D eigenvalue weighted by molar-refractivity contribution is 6.36. The third kappa shape index (κ3) is 7.45. The minimum absolute atomic E-state index is 0.0645. The molecule has 4 nitrogen and oxygen atoms in total. The number of benzene rings is 3. The van der Waals surface area contributed by atoms with E-state index in [9.17, 15) is 9.59 Å². The van der Waals surface area contributed by atoms with Crippen molar-refractivity contribution >= 4 is 58.2 Å². The molecule has 38 heavy (non-hydrogen) atoms.